The summed E-state index contributed by atoms with van der Waals surface area (Å²) in [5.41, 5.74) is 0. The first-order valence-corrected chi connectivity index (χ1v) is 9.29. The summed E-state index contributed by atoms with van der Waals surface area (Å²) >= 11 is 0. The molecule has 0 atom stereocenters. The first-order valence-electron chi connectivity index (χ1n) is 7.56. The van der Waals surface area contributed by atoms with Gasteiger partial charge in [0.15, 0.2) is 0 Å². The molecule has 110 valence electrons. The number of hydrogen-bond acceptors (Lipinski definition) is 3. The van der Waals surface area contributed by atoms with Crippen molar-refractivity contribution in [2.45, 2.75) is 66.2 Å². The largest absolute Gasteiger partial charge is 0.411 e. The highest BCUT2D eigenvalue weighted by Gasteiger charge is 2.42. The summed E-state index contributed by atoms with van der Waals surface area (Å²) in [6.45, 7) is 10.9. The molecule has 0 saturated heterocycles. The fourth-order valence-corrected chi connectivity index (χ4v) is 3.42. The summed E-state index contributed by atoms with van der Waals surface area (Å²) in [6, 6.07) is 0. The fraction of sp³-hybridized carbons (Fsp3) is 1.00. The Hall–Kier alpha value is 0.310. The maximum absolute atomic E-state index is 5.98. The molecule has 0 fully saturated rings. The minimum absolute atomic E-state index is 0.760. The minimum atomic E-state index is -2.07. The molecule has 4 heteroatoms. The summed E-state index contributed by atoms with van der Waals surface area (Å²) in [5, 5.41) is 0. The predicted octanol–water partition coefficient (Wildman–Crippen LogP) is 5.22. The van der Waals surface area contributed by atoms with Crippen LogP contribution < -0.4 is 0 Å². The van der Waals surface area contributed by atoms with Gasteiger partial charge in [-0.05, 0) is 26.2 Å². The lowest BCUT2D eigenvalue weighted by atomic mass is 10.4. The topological polar surface area (TPSA) is 27.7 Å². The average Bonchev–Trinajstić information content (AvgIpc) is 2.39. The van der Waals surface area contributed by atoms with Crippen molar-refractivity contribution < 1.29 is 13.6 Å². The molecule has 0 heterocycles. The molecule has 0 rings (SSSR count). The van der Waals surface area contributed by atoms with Crippen LogP contribution in [0.3, 0.4) is 0 Å². The Kier molecular flexibility index (Phi) is 12.6. The molecule has 3 nitrogen and oxygen atoms in total. The lowest BCUT2D eigenvalue weighted by Crippen LogP contribution is -2.12. The molecule has 0 N–H and O–H groups in total. The molecule has 0 aromatic carbocycles. The van der Waals surface area contributed by atoms with E-state index in [-0.39, 0.29) is 0 Å². The van der Waals surface area contributed by atoms with Crippen LogP contribution in [0.25, 0.3) is 0 Å². The molecular weight excluding hydrogens is 247 g/mol. The number of unbranched alkanes of at least 4 members (excludes halogenated alkanes) is 3. The molecule has 0 radical (unpaired) electrons. The van der Waals surface area contributed by atoms with Crippen LogP contribution in [-0.2, 0) is 13.6 Å². The SMILES string of the molecule is CCCCO[P+](CC)(OCCCC)OCCCC. The maximum atomic E-state index is 5.98. The van der Waals surface area contributed by atoms with Crippen molar-refractivity contribution in [1.82, 2.24) is 0 Å². The maximum Gasteiger partial charge on any atom is 0.411 e. The summed E-state index contributed by atoms with van der Waals surface area (Å²) in [7, 11) is -2.07. The highest BCUT2D eigenvalue weighted by molar-refractivity contribution is 7.61. The molecule has 0 aliphatic carbocycles. The average molecular weight is 279 g/mol. The van der Waals surface area contributed by atoms with E-state index < -0.39 is 7.94 Å². The number of rotatable bonds is 13. The molecule has 0 unspecified atom stereocenters. The Bertz CT molecular complexity index is 150. The van der Waals surface area contributed by atoms with E-state index >= 15 is 0 Å². The smallest absolute Gasteiger partial charge is 0.178 e. The zero-order valence-electron chi connectivity index (χ0n) is 12.7. The van der Waals surface area contributed by atoms with Crippen molar-refractivity contribution in [1.29, 1.82) is 0 Å². The van der Waals surface area contributed by atoms with Crippen molar-refractivity contribution in [3.63, 3.8) is 0 Å². The molecule has 0 aromatic heterocycles. The Morgan fingerprint density at radius 1 is 0.611 bits per heavy atom. The van der Waals surface area contributed by atoms with Crippen molar-refractivity contribution in [3.8, 4) is 0 Å². The lowest BCUT2D eigenvalue weighted by molar-refractivity contribution is 0.133. The van der Waals surface area contributed by atoms with Crippen molar-refractivity contribution in [3.05, 3.63) is 0 Å². The summed E-state index contributed by atoms with van der Waals surface area (Å²) in [4.78, 5) is 0. The predicted molar refractivity (Wildman–Crippen MR) is 80.0 cm³/mol. The van der Waals surface area contributed by atoms with Gasteiger partial charge in [0.25, 0.3) is 0 Å². The molecule has 0 aliphatic rings. The van der Waals surface area contributed by atoms with Crippen LogP contribution >= 0.6 is 7.94 Å². The van der Waals surface area contributed by atoms with Crippen LogP contribution in [0.5, 0.6) is 0 Å². The normalized spacial score (nSPS) is 12.0. The molecule has 0 spiro atoms. The highest BCUT2D eigenvalue weighted by Crippen LogP contribution is 2.62. The zero-order chi connectivity index (χ0) is 13.7. The first-order chi connectivity index (χ1) is 8.74. The van der Waals surface area contributed by atoms with E-state index in [1.54, 1.807) is 0 Å². The van der Waals surface area contributed by atoms with Gasteiger partial charge < -0.3 is 0 Å². The first kappa shape index (κ1) is 18.3. The second kappa shape index (κ2) is 12.3. The van der Waals surface area contributed by atoms with Gasteiger partial charge in [-0.1, -0.05) is 40.0 Å². The standard InChI is InChI=1S/C14H32O3P/c1-5-9-12-15-18(8-4,16-13-10-6-2)17-14-11-7-3/h5-14H2,1-4H3/q+1. The minimum Gasteiger partial charge on any atom is -0.178 e. The fourth-order valence-electron chi connectivity index (χ4n) is 1.43. The van der Waals surface area contributed by atoms with E-state index in [9.17, 15) is 0 Å². The highest BCUT2D eigenvalue weighted by atomic mass is 31.2. The van der Waals surface area contributed by atoms with E-state index in [1.165, 1.54) is 0 Å². The van der Waals surface area contributed by atoms with Crippen LogP contribution in [0.2, 0.25) is 0 Å². The van der Waals surface area contributed by atoms with Crippen molar-refractivity contribution >= 4 is 7.94 Å². The van der Waals surface area contributed by atoms with E-state index in [2.05, 4.69) is 27.7 Å². The van der Waals surface area contributed by atoms with Gasteiger partial charge in [0.2, 0.25) is 0 Å². The summed E-state index contributed by atoms with van der Waals surface area (Å²) in [5.74, 6) is 0. The molecule has 0 aromatic rings. The lowest BCUT2D eigenvalue weighted by Gasteiger charge is -2.21. The van der Waals surface area contributed by atoms with Crippen LogP contribution in [0, 0.1) is 0 Å². The van der Waals surface area contributed by atoms with Crippen molar-refractivity contribution in [2.75, 3.05) is 26.0 Å². The van der Waals surface area contributed by atoms with Crippen LogP contribution in [0.4, 0.5) is 0 Å². The second-order valence-corrected chi connectivity index (χ2v) is 7.12. The Balaban J connectivity index is 4.20. The molecule has 0 aliphatic heterocycles. The molecule has 0 amide bonds. The van der Waals surface area contributed by atoms with Crippen LogP contribution in [0.1, 0.15) is 66.2 Å². The molecular formula is C14H32O3P+. The van der Waals surface area contributed by atoms with E-state index in [1.807, 2.05) is 0 Å². The monoisotopic (exact) mass is 279 g/mol. The number of hydrogen-bond donors (Lipinski definition) is 0. The molecule has 0 bridgehead atoms. The Morgan fingerprint density at radius 2 is 0.944 bits per heavy atom. The zero-order valence-corrected chi connectivity index (χ0v) is 13.6. The van der Waals surface area contributed by atoms with E-state index in [0.717, 1.165) is 64.5 Å². The van der Waals surface area contributed by atoms with Crippen molar-refractivity contribution in [2.24, 2.45) is 0 Å². The Labute approximate surface area is 114 Å². The summed E-state index contributed by atoms with van der Waals surface area (Å²) in [6.07, 6.45) is 7.53. The van der Waals surface area contributed by atoms with E-state index in [0.29, 0.717) is 0 Å². The summed E-state index contributed by atoms with van der Waals surface area (Å²) < 4.78 is 17.9. The van der Waals surface area contributed by atoms with Gasteiger partial charge in [0, 0.05) is 0 Å². The van der Waals surface area contributed by atoms with Gasteiger partial charge in [-0.25, -0.2) is 0 Å². The molecule has 18 heavy (non-hydrogen) atoms. The van der Waals surface area contributed by atoms with Gasteiger partial charge in [0.05, 0.1) is 19.8 Å². The van der Waals surface area contributed by atoms with Gasteiger partial charge in [-0.2, -0.15) is 13.6 Å². The third-order valence-corrected chi connectivity index (χ3v) is 5.25. The third-order valence-electron chi connectivity index (χ3n) is 2.74. The Morgan fingerprint density at radius 3 is 1.17 bits per heavy atom. The quantitative estimate of drug-likeness (QED) is 0.342. The van der Waals surface area contributed by atoms with E-state index in [4.69, 9.17) is 13.6 Å². The van der Waals surface area contributed by atoms with Crippen LogP contribution in [-0.4, -0.2) is 26.0 Å². The van der Waals surface area contributed by atoms with Gasteiger partial charge in [0.1, 0.15) is 6.16 Å². The molecule has 0 saturated carbocycles. The van der Waals surface area contributed by atoms with Crippen LogP contribution in [0.15, 0.2) is 0 Å². The van der Waals surface area contributed by atoms with Gasteiger partial charge in [-0.3, -0.25) is 0 Å². The van der Waals surface area contributed by atoms with Gasteiger partial charge in [-0.15, -0.1) is 0 Å². The third kappa shape index (κ3) is 8.42. The second-order valence-electron chi connectivity index (χ2n) is 4.49. The van der Waals surface area contributed by atoms with Gasteiger partial charge >= 0.3 is 7.94 Å².